The number of rotatable bonds is 5. The van der Waals surface area contributed by atoms with Crippen molar-refractivity contribution in [2.45, 2.75) is 25.8 Å². The lowest BCUT2D eigenvalue weighted by Gasteiger charge is -2.24. The standard InChI is InChI=1S/C17H24N2O2/c1-13(20)15-6-2-3-7-17(15)21-10-9-19-11-14-5-4-8-18-16(14)12-19/h2-3,6-7,14,16,18H,4-5,8-12H2,1H3. The van der Waals surface area contributed by atoms with E-state index in [1.165, 1.54) is 19.4 Å². The second kappa shape index (κ2) is 6.58. The molecule has 114 valence electrons. The molecule has 1 N–H and O–H groups in total. The van der Waals surface area contributed by atoms with Crippen molar-refractivity contribution in [3.8, 4) is 5.75 Å². The molecule has 0 bridgehead atoms. The third kappa shape index (κ3) is 3.44. The van der Waals surface area contributed by atoms with Crippen molar-refractivity contribution in [3.05, 3.63) is 29.8 Å². The van der Waals surface area contributed by atoms with Crippen LogP contribution in [0.2, 0.25) is 0 Å². The van der Waals surface area contributed by atoms with Crippen molar-refractivity contribution in [1.29, 1.82) is 0 Å². The van der Waals surface area contributed by atoms with Gasteiger partial charge in [-0.1, -0.05) is 12.1 Å². The normalized spacial score (nSPS) is 25.6. The molecule has 0 aromatic heterocycles. The number of Topliss-reactive ketones (excluding diaryl/α,β-unsaturated/α-hetero) is 1. The fraction of sp³-hybridized carbons (Fsp3) is 0.588. The Morgan fingerprint density at radius 1 is 1.38 bits per heavy atom. The van der Waals surface area contributed by atoms with E-state index in [2.05, 4.69) is 10.2 Å². The van der Waals surface area contributed by atoms with Crippen molar-refractivity contribution in [2.24, 2.45) is 5.92 Å². The Kier molecular flexibility index (Phi) is 4.56. The van der Waals surface area contributed by atoms with Gasteiger partial charge in [0.1, 0.15) is 12.4 Å². The minimum Gasteiger partial charge on any atom is -0.491 e. The molecule has 0 amide bonds. The van der Waals surface area contributed by atoms with Gasteiger partial charge in [0.25, 0.3) is 0 Å². The first-order chi connectivity index (χ1) is 10.2. The summed E-state index contributed by atoms with van der Waals surface area (Å²) >= 11 is 0. The summed E-state index contributed by atoms with van der Waals surface area (Å²) in [6.45, 7) is 6.62. The van der Waals surface area contributed by atoms with E-state index in [4.69, 9.17) is 4.74 Å². The zero-order chi connectivity index (χ0) is 14.7. The zero-order valence-electron chi connectivity index (χ0n) is 12.7. The molecule has 0 aliphatic carbocycles. The predicted molar refractivity (Wildman–Crippen MR) is 82.9 cm³/mol. The first-order valence-electron chi connectivity index (χ1n) is 7.92. The summed E-state index contributed by atoms with van der Waals surface area (Å²) in [7, 11) is 0. The summed E-state index contributed by atoms with van der Waals surface area (Å²) in [4.78, 5) is 14.0. The molecule has 3 rings (SSSR count). The molecule has 2 aliphatic rings. The van der Waals surface area contributed by atoms with Crippen molar-refractivity contribution in [3.63, 3.8) is 0 Å². The van der Waals surface area contributed by atoms with Crippen LogP contribution in [0.3, 0.4) is 0 Å². The third-order valence-corrected chi connectivity index (χ3v) is 4.61. The van der Waals surface area contributed by atoms with E-state index in [0.717, 1.165) is 25.6 Å². The number of hydrogen-bond donors (Lipinski definition) is 1. The summed E-state index contributed by atoms with van der Waals surface area (Å²) in [5, 5.41) is 3.62. The van der Waals surface area contributed by atoms with E-state index >= 15 is 0 Å². The SMILES string of the molecule is CC(=O)c1ccccc1OCCN1CC2CCCNC2C1. The molecule has 0 radical (unpaired) electrons. The Morgan fingerprint density at radius 2 is 2.24 bits per heavy atom. The Labute approximate surface area is 126 Å². The molecule has 4 heteroatoms. The van der Waals surface area contributed by atoms with Crippen LogP contribution in [0.15, 0.2) is 24.3 Å². The van der Waals surface area contributed by atoms with Gasteiger partial charge in [0, 0.05) is 25.7 Å². The Hall–Kier alpha value is -1.39. The topological polar surface area (TPSA) is 41.6 Å². The van der Waals surface area contributed by atoms with E-state index in [9.17, 15) is 4.79 Å². The van der Waals surface area contributed by atoms with E-state index in [-0.39, 0.29) is 5.78 Å². The van der Waals surface area contributed by atoms with Crippen LogP contribution >= 0.6 is 0 Å². The fourth-order valence-corrected chi connectivity index (χ4v) is 3.49. The van der Waals surface area contributed by atoms with Crippen molar-refractivity contribution < 1.29 is 9.53 Å². The molecule has 0 spiro atoms. The van der Waals surface area contributed by atoms with Gasteiger partial charge in [-0.05, 0) is 44.4 Å². The Bertz CT molecular complexity index is 489. The van der Waals surface area contributed by atoms with Crippen molar-refractivity contribution in [1.82, 2.24) is 10.2 Å². The van der Waals surface area contributed by atoms with Gasteiger partial charge in [0.15, 0.2) is 5.78 Å². The number of ketones is 1. The van der Waals surface area contributed by atoms with Gasteiger partial charge in [-0.2, -0.15) is 0 Å². The second-order valence-corrected chi connectivity index (χ2v) is 6.12. The Morgan fingerprint density at radius 3 is 3.05 bits per heavy atom. The molecule has 2 aliphatic heterocycles. The first-order valence-corrected chi connectivity index (χ1v) is 7.92. The van der Waals surface area contributed by atoms with E-state index in [1.807, 2.05) is 24.3 Å². The number of hydrogen-bond acceptors (Lipinski definition) is 4. The maximum Gasteiger partial charge on any atom is 0.163 e. The van der Waals surface area contributed by atoms with Gasteiger partial charge in [-0.25, -0.2) is 0 Å². The molecule has 2 heterocycles. The van der Waals surface area contributed by atoms with Crippen molar-refractivity contribution >= 4 is 5.78 Å². The minimum absolute atomic E-state index is 0.0574. The van der Waals surface area contributed by atoms with Crippen molar-refractivity contribution in [2.75, 3.05) is 32.8 Å². The molecule has 4 nitrogen and oxygen atoms in total. The van der Waals surface area contributed by atoms with Gasteiger partial charge >= 0.3 is 0 Å². The van der Waals surface area contributed by atoms with Crippen LogP contribution in [0, 0.1) is 5.92 Å². The van der Waals surface area contributed by atoms with Crippen LogP contribution < -0.4 is 10.1 Å². The zero-order valence-corrected chi connectivity index (χ0v) is 12.7. The van der Waals surface area contributed by atoms with Gasteiger partial charge < -0.3 is 10.1 Å². The largest absolute Gasteiger partial charge is 0.491 e. The second-order valence-electron chi connectivity index (χ2n) is 6.12. The Balaban J connectivity index is 1.49. The molecule has 1 aromatic carbocycles. The highest BCUT2D eigenvalue weighted by Crippen LogP contribution is 2.24. The highest BCUT2D eigenvalue weighted by molar-refractivity contribution is 5.96. The molecule has 2 saturated heterocycles. The number of likely N-dealkylation sites (tertiary alicyclic amines) is 1. The summed E-state index contributed by atoms with van der Waals surface area (Å²) < 4.78 is 5.83. The molecular weight excluding hydrogens is 264 g/mol. The number of carbonyl (C=O) groups is 1. The van der Waals surface area contributed by atoms with Crippen LogP contribution in [0.5, 0.6) is 5.75 Å². The van der Waals surface area contributed by atoms with E-state index in [1.54, 1.807) is 6.92 Å². The molecule has 2 fully saturated rings. The first kappa shape index (κ1) is 14.5. The molecule has 2 atom stereocenters. The summed E-state index contributed by atoms with van der Waals surface area (Å²) in [5.74, 6) is 1.57. The smallest absolute Gasteiger partial charge is 0.163 e. The number of piperidine rings is 1. The molecule has 21 heavy (non-hydrogen) atoms. The molecule has 2 unspecified atom stereocenters. The maximum absolute atomic E-state index is 11.6. The number of benzene rings is 1. The summed E-state index contributed by atoms with van der Waals surface area (Å²) in [6.07, 6.45) is 2.65. The highest BCUT2D eigenvalue weighted by atomic mass is 16.5. The monoisotopic (exact) mass is 288 g/mol. The highest BCUT2D eigenvalue weighted by Gasteiger charge is 2.33. The average molecular weight is 288 g/mol. The number of fused-ring (bicyclic) bond motifs is 1. The molecule has 1 aromatic rings. The number of nitrogens with one attached hydrogen (secondary N) is 1. The lowest BCUT2D eigenvalue weighted by molar-refractivity contribution is 0.101. The predicted octanol–water partition coefficient (Wildman–Crippen LogP) is 1.95. The van der Waals surface area contributed by atoms with E-state index < -0.39 is 0 Å². The lowest BCUT2D eigenvalue weighted by atomic mass is 9.94. The number of para-hydroxylation sites is 1. The van der Waals surface area contributed by atoms with Crippen LogP contribution in [-0.2, 0) is 0 Å². The van der Waals surface area contributed by atoms with Gasteiger partial charge in [-0.15, -0.1) is 0 Å². The third-order valence-electron chi connectivity index (χ3n) is 4.61. The van der Waals surface area contributed by atoms with Crippen LogP contribution in [-0.4, -0.2) is 49.5 Å². The number of ether oxygens (including phenoxy) is 1. The number of nitrogens with zero attached hydrogens (tertiary/aromatic N) is 1. The summed E-state index contributed by atoms with van der Waals surface area (Å²) in [5.41, 5.74) is 0.675. The summed E-state index contributed by atoms with van der Waals surface area (Å²) in [6, 6.07) is 8.16. The fourth-order valence-electron chi connectivity index (χ4n) is 3.49. The molecular formula is C17H24N2O2. The van der Waals surface area contributed by atoms with Gasteiger partial charge in [0.05, 0.1) is 5.56 Å². The van der Waals surface area contributed by atoms with Gasteiger partial charge in [0.2, 0.25) is 0 Å². The minimum atomic E-state index is 0.0574. The van der Waals surface area contributed by atoms with Gasteiger partial charge in [-0.3, -0.25) is 9.69 Å². The maximum atomic E-state index is 11.6. The van der Waals surface area contributed by atoms with Crippen LogP contribution in [0.25, 0.3) is 0 Å². The number of carbonyl (C=O) groups excluding carboxylic acids is 1. The molecule has 0 saturated carbocycles. The average Bonchev–Trinajstić information content (AvgIpc) is 2.90. The lowest BCUT2D eigenvalue weighted by Crippen LogP contribution is -2.40. The van der Waals surface area contributed by atoms with Crippen LogP contribution in [0.4, 0.5) is 0 Å². The quantitative estimate of drug-likeness (QED) is 0.841. The van der Waals surface area contributed by atoms with E-state index in [0.29, 0.717) is 24.0 Å². The van der Waals surface area contributed by atoms with Crippen LogP contribution in [0.1, 0.15) is 30.1 Å².